The quantitative estimate of drug-likeness (QED) is 0.345. The maximum absolute atomic E-state index is 12.5. The fraction of sp³-hybridized carbons (Fsp3) is 0.278. The Hall–Kier alpha value is -3.49. The van der Waals surface area contributed by atoms with Crippen molar-refractivity contribution in [3.63, 3.8) is 0 Å². The van der Waals surface area contributed by atoms with Crippen molar-refractivity contribution in [3.8, 4) is 0 Å². The largest absolute Gasteiger partial charge is 0.466 e. The van der Waals surface area contributed by atoms with E-state index in [0.717, 1.165) is 7.11 Å². The molecule has 0 saturated carbocycles. The van der Waals surface area contributed by atoms with Gasteiger partial charge in [0.15, 0.2) is 6.29 Å². The van der Waals surface area contributed by atoms with Crippen molar-refractivity contribution in [2.45, 2.75) is 19.8 Å². The van der Waals surface area contributed by atoms with E-state index in [1.54, 1.807) is 13.8 Å². The average Bonchev–Trinajstić information content (AvgIpc) is 2.66. The van der Waals surface area contributed by atoms with Crippen LogP contribution in [0.4, 0.5) is 5.69 Å². The van der Waals surface area contributed by atoms with Gasteiger partial charge in [-0.3, -0.25) is 14.9 Å². The van der Waals surface area contributed by atoms with Gasteiger partial charge in [0.25, 0.3) is 5.69 Å². The Bertz CT molecular complexity index is 853. The summed E-state index contributed by atoms with van der Waals surface area (Å²) in [5.41, 5.74) is 0.601. The molecule has 0 bridgehead atoms. The first kappa shape index (κ1) is 19.8. The number of nitro benzene ring substituents is 1. The molecule has 0 amide bonds. The highest BCUT2D eigenvalue weighted by atomic mass is 16.6. The van der Waals surface area contributed by atoms with E-state index < -0.39 is 22.8 Å². The number of allylic oxidation sites excluding steroid dienone is 2. The summed E-state index contributed by atoms with van der Waals surface area (Å²) in [6.45, 7) is 3.32. The van der Waals surface area contributed by atoms with Crippen LogP contribution in [0.15, 0.2) is 46.8 Å². The molecule has 0 aliphatic carbocycles. The van der Waals surface area contributed by atoms with E-state index in [9.17, 15) is 24.5 Å². The lowest BCUT2D eigenvalue weighted by Gasteiger charge is -2.29. The van der Waals surface area contributed by atoms with Crippen LogP contribution in [0.25, 0.3) is 0 Å². The number of non-ortho nitro benzene ring substituents is 1. The Morgan fingerprint density at radius 3 is 2.33 bits per heavy atom. The Labute approximate surface area is 154 Å². The molecular formula is C18H18N2O7. The Balaban J connectivity index is 2.69. The van der Waals surface area contributed by atoms with E-state index in [1.165, 1.54) is 24.3 Å². The second-order valence-corrected chi connectivity index (χ2v) is 5.60. The van der Waals surface area contributed by atoms with Gasteiger partial charge in [-0.25, -0.2) is 9.59 Å². The second kappa shape index (κ2) is 8.26. The minimum Gasteiger partial charge on any atom is -0.466 e. The molecule has 142 valence electrons. The molecule has 2 rings (SSSR count). The normalized spacial score (nSPS) is 16.5. The van der Waals surface area contributed by atoms with Gasteiger partial charge in [-0.2, -0.15) is 0 Å². The minimum absolute atomic E-state index is 0.0456. The average molecular weight is 374 g/mol. The van der Waals surface area contributed by atoms with Crippen molar-refractivity contribution in [1.82, 2.24) is 5.32 Å². The molecular weight excluding hydrogens is 356 g/mol. The number of hydrogen-bond acceptors (Lipinski definition) is 8. The zero-order chi connectivity index (χ0) is 20.1. The third-order valence-corrected chi connectivity index (χ3v) is 4.05. The minimum atomic E-state index is -0.973. The van der Waals surface area contributed by atoms with Gasteiger partial charge >= 0.3 is 11.9 Å². The molecule has 27 heavy (non-hydrogen) atoms. The summed E-state index contributed by atoms with van der Waals surface area (Å²) >= 11 is 0. The SMILES string of the molecule is CCOC(=O)C1=C(C)NC(C=O)=C(C(=O)OC)C1c1ccc([N+](=O)[O-])cc1. The standard InChI is InChI=1S/C18H18N2O7/c1-4-27-18(23)14-10(2)19-13(9-21)16(17(22)26-3)15(14)11-5-7-12(8-6-11)20(24)25/h5-9,15,19H,4H2,1-3H3. The number of dihydropyridines is 1. The summed E-state index contributed by atoms with van der Waals surface area (Å²) in [5.74, 6) is -2.45. The number of ether oxygens (including phenoxy) is 2. The summed E-state index contributed by atoms with van der Waals surface area (Å²) in [4.78, 5) is 46.7. The van der Waals surface area contributed by atoms with Gasteiger partial charge in [-0.15, -0.1) is 0 Å². The molecule has 9 nitrogen and oxygen atoms in total. The molecule has 0 aromatic heterocycles. The third kappa shape index (κ3) is 3.86. The van der Waals surface area contributed by atoms with E-state index in [2.05, 4.69) is 5.32 Å². The fourth-order valence-electron chi connectivity index (χ4n) is 2.89. The van der Waals surface area contributed by atoms with Gasteiger partial charge in [-0.05, 0) is 19.4 Å². The van der Waals surface area contributed by atoms with Gasteiger partial charge in [0.2, 0.25) is 0 Å². The van der Waals surface area contributed by atoms with Gasteiger partial charge in [-0.1, -0.05) is 12.1 Å². The number of nitrogens with zero attached hydrogens (tertiary/aromatic N) is 1. The van der Waals surface area contributed by atoms with Crippen molar-refractivity contribution in [1.29, 1.82) is 0 Å². The third-order valence-electron chi connectivity index (χ3n) is 4.05. The molecule has 9 heteroatoms. The number of nitro groups is 1. The fourth-order valence-corrected chi connectivity index (χ4v) is 2.89. The highest BCUT2D eigenvalue weighted by Gasteiger charge is 2.38. The first-order valence-electron chi connectivity index (χ1n) is 8.02. The molecule has 1 heterocycles. The molecule has 1 unspecified atom stereocenters. The van der Waals surface area contributed by atoms with E-state index in [0.29, 0.717) is 17.5 Å². The molecule has 0 saturated heterocycles. The zero-order valence-corrected chi connectivity index (χ0v) is 15.0. The molecule has 1 N–H and O–H groups in total. The van der Waals surface area contributed by atoms with E-state index >= 15 is 0 Å². The number of rotatable bonds is 6. The molecule has 1 aliphatic rings. The number of methoxy groups -OCH3 is 1. The summed E-state index contributed by atoms with van der Waals surface area (Å²) in [6, 6.07) is 5.36. The molecule has 1 aromatic rings. The monoisotopic (exact) mass is 374 g/mol. The lowest BCUT2D eigenvalue weighted by molar-refractivity contribution is -0.384. The zero-order valence-electron chi connectivity index (χ0n) is 15.0. The number of nitrogens with one attached hydrogen (secondary N) is 1. The molecule has 1 aliphatic heterocycles. The lowest BCUT2D eigenvalue weighted by Crippen LogP contribution is -2.33. The van der Waals surface area contributed by atoms with Crippen LogP contribution >= 0.6 is 0 Å². The Morgan fingerprint density at radius 1 is 1.22 bits per heavy atom. The van der Waals surface area contributed by atoms with Crippen molar-refractivity contribution >= 4 is 23.9 Å². The second-order valence-electron chi connectivity index (χ2n) is 5.60. The predicted octanol–water partition coefficient (Wildman–Crippen LogP) is 1.74. The Morgan fingerprint density at radius 2 is 1.85 bits per heavy atom. The first-order chi connectivity index (χ1) is 12.8. The topological polar surface area (TPSA) is 125 Å². The van der Waals surface area contributed by atoms with Gasteiger partial charge in [0.05, 0.1) is 41.4 Å². The number of esters is 2. The maximum atomic E-state index is 12.5. The number of benzene rings is 1. The molecule has 0 fully saturated rings. The van der Waals surface area contributed by atoms with Crippen LogP contribution in [-0.2, 0) is 23.9 Å². The summed E-state index contributed by atoms with van der Waals surface area (Å²) in [5, 5.41) is 13.6. The highest BCUT2D eigenvalue weighted by Crippen LogP contribution is 2.39. The van der Waals surface area contributed by atoms with Crippen molar-refractivity contribution in [2.75, 3.05) is 13.7 Å². The van der Waals surface area contributed by atoms with Crippen molar-refractivity contribution in [2.24, 2.45) is 0 Å². The van der Waals surface area contributed by atoms with Crippen LogP contribution < -0.4 is 5.32 Å². The number of carbonyl (C=O) groups is 3. The molecule has 0 spiro atoms. The lowest BCUT2D eigenvalue weighted by atomic mass is 9.80. The summed E-state index contributed by atoms with van der Waals surface area (Å²) in [6.07, 6.45) is 0.454. The Kier molecular flexibility index (Phi) is 6.07. The smallest absolute Gasteiger partial charge is 0.336 e. The van der Waals surface area contributed by atoms with Gasteiger partial charge in [0.1, 0.15) is 0 Å². The number of carbonyl (C=O) groups excluding carboxylic acids is 3. The highest BCUT2D eigenvalue weighted by molar-refractivity contribution is 6.03. The van der Waals surface area contributed by atoms with Crippen LogP contribution in [0.2, 0.25) is 0 Å². The van der Waals surface area contributed by atoms with Crippen LogP contribution in [0.5, 0.6) is 0 Å². The molecule has 1 atom stereocenters. The van der Waals surface area contributed by atoms with E-state index in [4.69, 9.17) is 9.47 Å². The molecule has 1 aromatic carbocycles. The van der Waals surface area contributed by atoms with Crippen molar-refractivity contribution < 1.29 is 28.8 Å². The summed E-state index contributed by atoms with van der Waals surface area (Å²) < 4.78 is 9.87. The van der Waals surface area contributed by atoms with E-state index in [1.807, 2.05) is 0 Å². The van der Waals surface area contributed by atoms with Crippen LogP contribution in [0.3, 0.4) is 0 Å². The van der Waals surface area contributed by atoms with E-state index in [-0.39, 0.29) is 29.1 Å². The predicted molar refractivity (Wildman–Crippen MR) is 93.4 cm³/mol. The van der Waals surface area contributed by atoms with Crippen LogP contribution in [0, 0.1) is 10.1 Å². The molecule has 0 radical (unpaired) electrons. The van der Waals surface area contributed by atoms with Crippen LogP contribution in [-0.4, -0.2) is 36.9 Å². The first-order valence-corrected chi connectivity index (χ1v) is 8.02. The van der Waals surface area contributed by atoms with Gasteiger partial charge in [0, 0.05) is 17.8 Å². The van der Waals surface area contributed by atoms with Crippen LogP contribution in [0.1, 0.15) is 25.3 Å². The van der Waals surface area contributed by atoms with Crippen molar-refractivity contribution in [3.05, 3.63) is 62.5 Å². The number of hydrogen-bond donors (Lipinski definition) is 1. The summed E-state index contributed by atoms with van der Waals surface area (Å²) in [7, 11) is 1.15. The van der Waals surface area contributed by atoms with Gasteiger partial charge < -0.3 is 14.8 Å². The number of aldehydes is 1. The maximum Gasteiger partial charge on any atom is 0.336 e.